The van der Waals surface area contributed by atoms with E-state index < -0.39 is 9.05 Å². The molecule has 2 aromatic carbocycles. The number of nitrogens with zero attached hydrogens (tertiary/aromatic N) is 1. The Labute approximate surface area is 108 Å². The van der Waals surface area contributed by atoms with Crippen LogP contribution in [0, 0.1) is 0 Å². The normalized spacial score (nSPS) is 14.2. The fourth-order valence-corrected chi connectivity index (χ4v) is 3.14. The summed E-state index contributed by atoms with van der Waals surface area (Å²) in [5.41, 5.74) is 0.688. The Balaban J connectivity index is 2.50. The Hall–Kier alpha value is -1.59. The highest BCUT2D eigenvalue weighted by Crippen LogP contribution is 2.40. The quantitative estimate of drug-likeness (QED) is 0.754. The first kappa shape index (κ1) is 11.5. The molecule has 0 bridgehead atoms. The standard InChI is InChI=1S/C12H8ClNO3S/c1-7-14-9-5-6-11(18(13,15)16)8-3-2-4-10(17-7)12(8)9/h2-6H,1H3. The highest BCUT2D eigenvalue weighted by atomic mass is 35.7. The predicted octanol–water partition coefficient (Wildman–Crippen LogP) is 3.21. The lowest BCUT2D eigenvalue weighted by Gasteiger charge is -2.16. The van der Waals surface area contributed by atoms with Gasteiger partial charge in [0.1, 0.15) is 5.75 Å². The second-order valence-electron chi connectivity index (χ2n) is 3.93. The largest absolute Gasteiger partial charge is 0.443 e. The SMILES string of the molecule is CC1=Nc2ccc(S(=O)(=O)Cl)c3cccc(c23)O1. The Morgan fingerprint density at radius 2 is 2.00 bits per heavy atom. The van der Waals surface area contributed by atoms with Crippen LogP contribution in [0.25, 0.3) is 10.8 Å². The van der Waals surface area contributed by atoms with Crippen LogP contribution in [-0.2, 0) is 9.05 Å². The zero-order chi connectivity index (χ0) is 12.9. The predicted molar refractivity (Wildman–Crippen MR) is 70.4 cm³/mol. The van der Waals surface area contributed by atoms with Crippen LogP contribution >= 0.6 is 10.7 Å². The fraction of sp³-hybridized carbons (Fsp3) is 0.0833. The van der Waals surface area contributed by atoms with Gasteiger partial charge in [-0.3, -0.25) is 0 Å². The molecule has 1 heterocycles. The second kappa shape index (κ2) is 3.70. The Morgan fingerprint density at radius 1 is 1.22 bits per heavy atom. The van der Waals surface area contributed by atoms with E-state index in [1.807, 2.05) is 0 Å². The Morgan fingerprint density at radius 3 is 2.72 bits per heavy atom. The van der Waals surface area contributed by atoms with E-state index in [1.54, 1.807) is 31.2 Å². The number of hydrogen-bond acceptors (Lipinski definition) is 4. The van der Waals surface area contributed by atoms with E-state index in [4.69, 9.17) is 15.4 Å². The van der Waals surface area contributed by atoms with Gasteiger partial charge in [0, 0.05) is 23.0 Å². The lowest BCUT2D eigenvalue weighted by Crippen LogP contribution is -2.07. The van der Waals surface area contributed by atoms with E-state index in [9.17, 15) is 8.42 Å². The van der Waals surface area contributed by atoms with Crippen LogP contribution in [0.2, 0.25) is 0 Å². The third-order valence-corrected chi connectivity index (χ3v) is 4.12. The molecule has 6 heteroatoms. The molecule has 0 amide bonds. The van der Waals surface area contributed by atoms with Crippen molar-refractivity contribution >= 4 is 42.1 Å². The molecule has 0 fully saturated rings. The van der Waals surface area contributed by atoms with Crippen LogP contribution in [0.5, 0.6) is 5.75 Å². The van der Waals surface area contributed by atoms with Crippen LogP contribution in [0.1, 0.15) is 6.92 Å². The molecule has 0 aromatic heterocycles. The van der Waals surface area contributed by atoms with E-state index in [0.717, 1.165) is 0 Å². The van der Waals surface area contributed by atoms with Gasteiger partial charge in [-0.15, -0.1) is 0 Å². The van der Waals surface area contributed by atoms with Gasteiger partial charge in [-0.05, 0) is 18.2 Å². The molecule has 0 saturated carbocycles. The number of aliphatic imine (C=N–C) groups is 1. The van der Waals surface area contributed by atoms with Gasteiger partial charge in [0.2, 0.25) is 0 Å². The maximum Gasteiger partial charge on any atom is 0.261 e. The van der Waals surface area contributed by atoms with E-state index in [1.165, 1.54) is 6.07 Å². The van der Waals surface area contributed by atoms with E-state index >= 15 is 0 Å². The lowest BCUT2D eigenvalue weighted by atomic mass is 10.1. The van der Waals surface area contributed by atoms with Crippen molar-refractivity contribution in [3.8, 4) is 5.75 Å². The number of rotatable bonds is 1. The van der Waals surface area contributed by atoms with Crippen molar-refractivity contribution in [3.63, 3.8) is 0 Å². The van der Waals surface area contributed by atoms with Crippen molar-refractivity contribution in [3.05, 3.63) is 30.3 Å². The molecule has 0 unspecified atom stereocenters. The summed E-state index contributed by atoms with van der Waals surface area (Å²) in [6, 6.07) is 8.29. The minimum atomic E-state index is -3.79. The summed E-state index contributed by atoms with van der Waals surface area (Å²) < 4.78 is 28.5. The molecule has 4 nitrogen and oxygen atoms in total. The average molecular weight is 282 g/mol. The monoisotopic (exact) mass is 281 g/mol. The van der Waals surface area contributed by atoms with Crippen LogP contribution in [0.15, 0.2) is 40.2 Å². The van der Waals surface area contributed by atoms with Crippen molar-refractivity contribution in [1.29, 1.82) is 0 Å². The fourth-order valence-electron chi connectivity index (χ4n) is 2.07. The van der Waals surface area contributed by atoms with Gasteiger partial charge < -0.3 is 4.74 Å². The smallest absolute Gasteiger partial charge is 0.261 e. The third-order valence-electron chi connectivity index (χ3n) is 2.74. The van der Waals surface area contributed by atoms with Gasteiger partial charge in [-0.1, -0.05) is 12.1 Å². The van der Waals surface area contributed by atoms with Gasteiger partial charge in [0.05, 0.1) is 16.0 Å². The average Bonchev–Trinajstić information content (AvgIpc) is 2.27. The molecule has 0 N–H and O–H groups in total. The zero-order valence-corrected chi connectivity index (χ0v) is 10.9. The van der Waals surface area contributed by atoms with Crippen LogP contribution in [0.3, 0.4) is 0 Å². The van der Waals surface area contributed by atoms with E-state index in [2.05, 4.69) is 4.99 Å². The summed E-state index contributed by atoms with van der Waals surface area (Å²) in [5, 5.41) is 1.20. The highest BCUT2D eigenvalue weighted by Gasteiger charge is 2.20. The number of ether oxygens (including phenoxy) is 1. The van der Waals surface area contributed by atoms with Crippen LogP contribution < -0.4 is 4.74 Å². The first-order valence-corrected chi connectivity index (χ1v) is 7.51. The zero-order valence-electron chi connectivity index (χ0n) is 9.34. The molecular weight excluding hydrogens is 274 g/mol. The number of benzene rings is 2. The number of hydrogen-bond donors (Lipinski definition) is 0. The summed E-state index contributed by atoms with van der Waals surface area (Å²) in [4.78, 5) is 4.32. The first-order valence-electron chi connectivity index (χ1n) is 5.20. The lowest BCUT2D eigenvalue weighted by molar-refractivity contribution is 0.549. The molecule has 1 aliphatic heterocycles. The summed E-state index contributed by atoms with van der Waals surface area (Å²) >= 11 is 0. The highest BCUT2D eigenvalue weighted by molar-refractivity contribution is 8.14. The summed E-state index contributed by atoms with van der Waals surface area (Å²) in [7, 11) is 1.64. The van der Waals surface area contributed by atoms with Crippen molar-refractivity contribution in [1.82, 2.24) is 0 Å². The molecule has 0 aliphatic carbocycles. The minimum absolute atomic E-state index is 0.0723. The molecular formula is C12H8ClNO3S. The second-order valence-corrected chi connectivity index (χ2v) is 6.47. The van der Waals surface area contributed by atoms with E-state index in [0.29, 0.717) is 28.1 Å². The molecule has 0 spiro atoms. The molecule has 0 atom stereocenters. The summed E-state index contributed by atoms with van der Waals surface area (Å²) in [5.74, 6) is 1.12. The summed E-state index contributed by atoms with van der Waals surface area (Å²) in [6.07, 6.45) is 0. The molecule has 2 aromatic rings. The van der Waals surface area contributed by atoms with Crippen LogP contribution in [-0.4, -0.2) is 14.3 Å². The number of halogens is 1. The molecule has 3 rings (SSSR count). The maximum atomic E-state index is 11.5. The molecule has 0 radical (unpaired) electrons. The Bertz CT molecular complexity index is 796. The van der Waals surface area contributed by atoms with Crippen LogP contribution in [0.4, 0.5) is 5.69 Å². The summed E-state index contributed by atoms with van der Waals surface area (Å²) in [6.45, 7) is 1.74. The molecule has 1 aliphatic rings. The van der Waals surface area contributed by atoms with Gasteiger partial charge in [0.25, 0.3) is 9.05 Å². The molecule has 18 heavy (non-hydrogen) atoms. The molecule has 0 saturated heterocycles. The maximum absolute atomic E-state index is 11.5. The van der Waals surface area contributed by atoms with Gasteiger partial charge in [0.15, 0.2) is 5.90 Å². The van der Waals surface area contributed by atoms with Crippen molar-refractivity contribution in [2.75, 3.05) is 0 Å². The van der Waals surface area contributed by atoms with Crippen molar-refractivity contribution in [2.45, 2.75) is 11.8 Å². The van der Waals surface area contributed by atoms with Gasteiger partial charge in [-0.2, -0.15) is 0 Å². The van der Waals surface area contributed by atoms with Gasteiger partial charge in [-0.25, -0.2) is 13.4 Å². The van der Waals surface area contributed by atoms with Crippen molar-refractivity contribution in [2.24, 2.45) is 4.99 Å². The van der Waals surface area contributed by atoms with Gasteiger partial charge >= 0.3 is 0 Å². The third kappa shape index (κ3) is 1.67. The Kier molecular flexibility index (Phi) is 2.36. The van der Waals surface area contributed by atoms with Crippen molar-refractivity contribution < 1.29 is 13.2 Å². The van der Waals surface area contributed by atoms with E-state index in [-0.39, 0.29) is 4.90 Å². The first-order chi connectivity index (χ1) is 8.47. The molecule has 92 valence electrons. The minimum Gasteiger partial charge on any atom is -0.443 e. The topological polar surface area (TPSA) is 55.7 Å².